The van der Waals surface area contributed by atoms with Crippen LogP contribution in [0.1, 0.15) is 0 Å². The van der Waals surface area contributed by atoms with E-state index < -0.39 is 0 Å². The topological polar surface area (TPSA) is 50.4 Å². The maximum absolute atomic E-state index is 12.0. The molecule has 98 valence electrons. The monoisotopic (exact) mass is 330 g/mol. The molecular weight excluding hydrogens is 316 g/mol. The molecule has 0 saturated carbocycles. The first-order valence-corrected chi connectivity index (χ1v) is 7.61. The Labute approximate surface area is 119 Å². The molecule has 0 aromatic heterocycles. The van der Waals surface area contributed by atoms with Crippen molar-refractivity contribution < 1.29 is 9.53 Å². The second-order valence-electron chi connectivity index (χ2n) is 3.92. The van der Waals surface area contributed by atoms with Crippen LogP contribution in [-0.4, -0.2) is 37.1 Å². The van der Waals surface area contributed by atoms with Gasteiger partial charge in [-0.05, 0) is 28.1 Å². The van der Waals surface area contributed by atoms with Crippen molar-refractivity contribution >= 4 is 39.3 Å². The predicted octanol–water partition coefficient (Wildman–Crippen LogP) is 2.10. The van der Waals surface area contributed by atoms with Gasteiger partial charge in [0.25, 0.3) is 0 Å². The van der Waals surface area contributed by atoms with Gasteiger partial charge in [0.2, 0.25) is 5.91 Å². The van der Waals surface area contributed by atoms with E-state index in [9.17, 15) is 4.79 Å². The van der Waals surface area contributed by atoms with Crippen molar-refractivity contribution in [1.82, 2.24) is 5.32 Å². The smallest absolute Gasteiger partial charge is 0.242 e. The van der Waals surface area contributed by atoms with E-state index in [0.29, 0.717) is 5.75 Å². The van der Waals surface area contributed by atoms with E-state index in [1.807, 2.05) is 12.1 Å². The van der Waals surface area contributed by atoms with Crippen LogP contribution in [0.15, 0.2) is 22.7 Å². The van der Waals surface area contributed by atoms with Gasteiger partial charge in [0.1, 0.15) is 5.75 Å². The number of methoxy groups -OCH3 is 1. The third kappa shape index (κ3) is 3.40. The van der Waals surface area contributed by atoms with Crippen LogP contribution >= 0.6 is 27.7 Å². The molecule has 1 aliphatic rings. The Morgan fingerprint density at radius 3 is 3.11 bits per heavy atom. The van der Waals surface area contributed by atoms with Gasteiger partial charge in [-0.15, -0.1) is 0 Å². The maximum Gasteiger partial charge on any atom is 0.242 e. The number of hydrogen-bond acceptors (Lipinski definition) is 4. The highest BCUT2D eigenvalue weighted by Gasteiger charge is 2.20. The molecule has 1 unspecified atom stereocenters. The number of hydrogen-bond donors (Lipinski definition) is 2. The van der Waals surface area contributed by atoms with Crippen molar-refractivity contribution in [3.8, 4) is 5.75 Å². The zero-order valence-electron chi connectivity index (χ0n) is 10.0. The molecule has 1 aromatic carbocycles. The number of thioether (sulfide) groups is 1. The molecular formula is C12H15BrN2O2S. The Hall–Kier alpha value is -0.720. The van der Waals surface area contributed by atoms with Crippen LogP contribution in [0.25, 0.3) is 0 Å². The Bertz CT molecular complexity index is 436. The fourth-order valence-electron chi connectivity index (χ4n) is 1.70. The second kappa shape index (κ2) is 6.45. The zero-order valence-corrected chi connectivity index (χ0v) is 12.4. The van der Waals surface area contributed by atoms with Crippen molar-refractivity contribution in [3.05, 3.63) is 22.7 Å². The zero-order chi connectivity index (χ0) is 13.0. The lowest BCUT2D eigenvalue weighted by atomic mass is 10.2. The van der Waals surface area contributed by atoms with Gasteiger partial charge in [0.05, 0.1) is 17.6 Å². The summed E-state index contributed by atoms with van der Waals surface area (Å²) in [5.41, 5.74) is 0.748. The number of anilines is 1. The molecule has 2 N–H and O–H groups in total. The summed E-state index contributed by atoms with van der Waals surface area (Å²) >= 11 is 5.18. The van der Waals surface area contributed by atoms with E-state index in [4.69, 9.17) is 4.74 Å². The third-order valence-corrected chi connectivity index (χ3v) is 4.37. The fourth-order valence-corrected chi connectivity index (χ4v) is 3.04. The van der Waals surface area contributed by atoms with Gasteiger partial charge in [-0.3, -0.25) is 4.79 Å². The summed E-state index contributed by atoms with van der Waals surface area (Å²) in [5, 5.41) is 6.10. The lowest BCUT2D eigenvalue weighted by Gasteiger charge is -2.22. The first-order chi connectivity index (χ1) is 8.70. The first kappa shape index (κ1) is 13.7. The van der Waals surface area contributed by atoms with Crippen LogP contribution in [0.4, 0.5) is 5.69 Å². The predicted molar refractivity (Wildman–Crippen MR) is 78.4 cm³/mol. The molecule has 4 nitrogen and oxygen atoms in total. The van der Waals surface area contributed by atoms with Crippen LogP contribution in [0.5, 0.6) is 5.75 Å². The SMILES string of the molecule is COc1cc(NC(=O)C2CSCCN2)ccc1Br. The highest BCUT2D eigenvalue weighted by atomic mass is 79.9. The minimum Gasteiger partial charge on any atom is -0.495 e. The number of carbonyl (C=O) groups is 1. The summed E-state index contributed by atoms with van der Waals surface area (Å²) in [7, 11) is 1.60. The average Bonchev–Trinajstić information content (AvgIpc) is 2.42. The number of ether oxygens (including phenoxy) is 1. The molecule has 0 spiro atoms. The van der Waals surface area contributed by atoms with E-state index in [2.05, 4.69) is 26.6 Å². The van der Waals surface area contributed by atoms with E-state index in [1.54, 1.807) is 24.9 Å². The van der Waals surface area contributed by atoms with Gasteiger partial charge in [0, 0.05) is 29.8 Å². The van der Waals surface area contributed by atoms with Gasteiger partial charge in [-0.25, -0.2) is 0 Å². The summed E-state index contributed by atoms with van der Waals surface area (Å²) in [5.74, 6) is 2.60. The van der Waals surface area contributed by atoms with E-state index >= 15 is 0 Å². The van der Waals surface area contributed by atoms with Gasteiger partial charge in [-0.1, -0.05) is 0 Å². The molecule has 0 bridgehead atoms. The summed E-state index contributed by atoms with van der Waals surface area (Å²) in [6.45, 7) is 0.881. The average molecular weight is 331 g/mol. The standard InChI is InChI=1S/C12H15BrN2O2S/c1-17-11-6-8(2-3-9(11)13)15-12(16)10-7-18-5-4-14-10/h2-3,6,10,14H,4-5,7H2,1H3,(H,15,16). The van der Waals surface area contributed by atoms with Crippen molar-refractivity contribution in [3.63, 3.8) is 0 Å². The molecule has 1 heterocycles. The second-order valence-corrected chi connectivity index (χ2v) is 5.92. The maximum atomic E-state index is 12.0. The highest BCUT2D eigenvalue weighted by Crippen LogP contribution is 2.27. The molecule has 1 atom stereocenters. The largest absolute Gasteiger partial charge is 0.495 e. The number of nitrogens with one attached hydrogen (secondary N) is 2. The molecule has 18 heavy (non-hydrogen) atoms. The minimum absolute atomic E-state index is 0.00609. The third-order valence-electron chi connectivity index (χ3n) is 2.66. The van der Waals surface area contributed by atoms with Crippen molar-refractivity contribution in [2.24, 2.45) is 0 Å². The van der Waals surface area contributed by atoms with Gasteiger partial charge in [-0.2, -0.15) is 11.8 Å². The molecule has 1 aliphatic heterocycles. The van der Waals surface area contributed by atoms with Crippen molar-refractivity contribution in [2.45, 2.75) is 6.04 Å². The van der Waals surface area contributed by atoms with Crippen LogP contribution in [0.2, 0.25) is 0 Å². The molecule has 1 fully saturated rings. The molecule has 1 amide bonds. The van der Waals surface area contributed by atoms with E-state index in [-0.39, 0.29) is 11.9 Å². The van der Waals surface area contributed by atoms with Gasteiger partial charge < -0.3 is 15.4 Å². The number of amides is 1. The molecule has 1 aromatic rings. The summed E-state index contributed by atoms with van der Waals surface area (Å²) < 4.78 is 6.06. The minimum atomic E-state index is -0.113. The molecule has 0 aliphatic carbocycles. The van der Waals surface area contributed by atoms with Crippen LogP contribution in [-0.2, 0) is 4.79 Å². The molecule has 1 saturated heterocycles. The van der Waals surface area contributed by atoms with Crippen LogP contribution in [0.3, 0.4) is 0 Å². The Balaban J connectivity index is 2.02. The van der Waals surface area contributed by atoms with Crippen molar-refractivity contribution in [1.29, 1.82) is 0 Å². The normalized spacial score (nSPS) is 19.3. The van der Waals surface area contributed by atoms with E-state index in [1.165, 1.54) is 0 Å². The fraction of sp³-hybridized carbons (Fsp3) is 0.417. The van der Waals surface area contributed by atoms with E-state index in [0.717, 1.165) is 28.2 Å². The number of rotatable bonds is 3. The summed E-state index contributed by atoms with van der Waals surface area (Å²) in [6, 6.07) is 5.40. The van der Waals surface area contributed by atoms with Crippen LogP contribution < -0.4 is 15.4 Å². The quantitative estimate of drug-likeness (QED) is 0.891. The number of carbonyl (C=O) groups excluding carboxylic acids is 1. The van der Waals surface area contributed by atoms with Gasteiger partial charge >= 0.3 is 0 Å². The lowest BCUT2D eigenvalue weighted by molar-refractivity contribution is -0.117. The summed E-state index contributed by atoms with van der Waals surface area (Å²) in [4.78, 5) is 12.0. The lowest BCUT2D eigenvalue weighted by Crippen LogP contribution is -2.46. The molecule has 0 radical (unpaired) electrons. The van der Waals surface area contributed by atoms with Gasteiger partial charge in [0.15, 0.2) is 0 Å². The number of halogens is 1. The van der Waals surface area contributed by atoms with Crippen LogP contribution in [0, 0.1) is 0 Å². The number of benzene rings is 1. The Morgan fingerprint density at radius 1 is 1.61 bits per heavy atom. The molecule has 6 heteroatoms. The first-order valence-electron chi connectivity index (χ1n) is 5.66. The Morgan fingerprint density at radius 2 is 2.44 bits per heavy atom. The highest BCUT2D eigenvalue weighted by molar-refractivity contribution is 9.10. The Kier molecular flexibility index (Phi) is 4.91. The summed E-state index contributed by atoms with van der Waals surface area (Å²) in [6.07, 6.45) is 0. The van der Waals surface area contributed by atoms with Crippen molar-refractivity contribution in [2.75, 3.05) is 30.5 Å². The molecule has 2 rings (SSSR count).